The van der Waals surface area contributed by atoms with E-state index in [4.69, 9.17) is 5.73 Å². The highest BCUT2D eigenvalue weighted by Crippen LogP contribution is 2.36. The lowest BCUT2D eigenvalue weighted by molar-refractivity contribution is 0.261. The molecular formula is C13H23N3O2S2. The van der Waals surface area contributed by atoms with Gasteiger partial charge in [0, 0.05) is 6.04 Å². The van der Waals surface area contributed by atoms with E-state index in [1.54, 1.807) is 6.92 Å². The van der Waals surface area contributed by atoms with Crippen molar-refractivity contribution in [3.05, 3.63) is 0 Å². The minimum absolute atomic E-state index is 0.0440. The van der Waals surface area contributed by atoms with Crippen LogP contribution < -0.4 is 11.1 Å². The van der Waals surface area contributed by atoms with Crippen LogP contribution in [-0.2, 0) is 9.84 Å². The van der Waals surface area contributed by atoms with Gasteiger partial charge in [0.15, 0.2) is 15.7 Å². The Balaban J connectivity index is 2.19. The molecule has 0 aliphatic heterocycles. The molecule has 1 aliphatic carbocycles. The minimum atomic E-state index is -3.33. The van der Waals surface area contributed by atoms with E-state index in [1.807, 2.05) is 0 Å². The van der Waals surface area contributed by atoms with Crippen LogP contribution in [0.2, 0.25) is 0 Å². The third-order valence-electron chi connectivity index (χ3n) is 4.30. The molecule has 1 aromatic heterocycles. The molecule has 1 fully saturated rings. The van der Waals surface area contributed by atoms with E-state index in [2.05, 4.69) is 23.5 Å². The zero-order valence-corrected chi connectivity index (χ0v) is 13.9. The van der Waals surface area contributed by atoms with Gasteiger partial charge in [-0.25, -0.2) is 8.42 Å². The van der Waals surface area contributed by atoms with Crippen molar-refractivity contribution in [2.45, 2.75) is 51.0 Å². The van der Waals surface area contributed by atoms with Crippen LogP contribution in [-0.4, -0.2) is 24.6 Å². The first kappa shape index (κ1) is 15.6. The van der Waals surface area contributed by atoms with E-state index >= 15 is 0 Å². The summed E-state index contributed by atoms with van der Waals surface area (Å²) in [6.07, 6.45) is 3.29. The Bertz CT molecular complexity index is 568. The summed E-state index contributed by atoms with van der Waals surface area (Å²) in [4.78, 5) is 0.191. The molecule has 0 amide bonds. The number of hydrogen-bond acceptors (Lipinski definition) is 6. The molecule has 0 spiro atoms. The third kappa shape index (κ3) is 3.09. The number of anilines is 2. The molecule has 3 atom stereocenters. The monoisotopic (exact) mass is 317 g/mol. The van der Waals surface area contributed by atoms with Crippen LogP contribution in [0.1, 0.15) is 40.0 Å². The maximum Gasteiger partial charge on any atom is 0.184 e. The molecule has 7 heteroatoms. The van der Waals surface area contributed by atoms with Crippen LogP contribution in [0.15, 0.2) is 4.90 Å². The highest BCUT2D eigenvalue weighted by molar-refractivity contribution is 7.91. The van der Waals surface area contributed by atoms with E-state index in [0.29, 0.717) is 17.0 Å². The first-order valence-corrected chi connectivity index (χ1v) is 9.52. The Morgan fingerprint density at radius 2 is 2.05 bits per heavy atom. The molecule has 3 N–H and O–H groups in total. The van der Waals surface area contributed by atoms with Gasteiger partial charge in [-0.15, -0.1) is 0 Å². The SMILES string of the molecule is CCS(=O)(=O)c1c(N)nsc1NC1CCC(C)C(C)C1. The molecule has 1 heterocycles. The van der Waals surface area contributed by atoms with Gasteiger partial charge >= 0.3 is 0 Å². The Kier molecular flexibility index (Phi) is 4.59. The van der Waals surface area contributed by atoms with Crippen LogP contribution >= 0.6 is 11.5 Å². The highest BCUT2D eigenvalue weighted by Gasteiger charge is 2.28. The number of rotatable bonds is 4. The number of hydrogen-bond donors (Lipinski definition) is 2. The van der Waals surface area contributed by atoms with Crippen molar-refractivity contribution in [3.8, 4) is 0 Å². The normalized spacial score (nSPS) is 27.4. The molecule has 1 aromatic rings. The van der Waals surface area contributed by atoms with Crippen molar-refractivity contribution in [2.24, 2.45) is 11.8 Å². The maximum absolute atomic E-state index is 12.1. The van der Waals surface area contributed by atoms with E-state index in [-0.39, 0.29) is 16.5 Å². The number of sulfone groups is 1. The largest absolute Gasteiger partial charge is 0.382 e. The summed E-state index contributed by atoms with van der Waals surface area (Å²) in [6, 6.07) is 0.312. The molecule has 5 nitrogen and oxygen atoms in total. The van der Waals surface area contributed by atoms with Crippen LogP contribution in [0.5, 0.6) is 0 Å². The number of nitrogens with two attached hydrogens (primary N) is 1. The molecule has 3 unspecified atom stereocenters. The molecule has 2 rings (SSSR count). The van der Waals surface area contributed by atoms with Crippen molar-refractivity contribution in [1.82, 2.24) is 4.37 Å². The molecule has 1 saturated carbocycles. The predicted molar refractivity (Wildman–Crippen MR) is 83.8 cm³/mol. The molecule has 114 valence electrons. The first-order chi connectivity index (χ1) is 9.35. The van der Waals surface area contributed by atoms with Crippen LogP contribution in [0.4, 0.5) is 10.8 Å². The van der Waals surface area contributed by atoms with E-state index in [9.17, 15) is 8.42 Å². The molecular weight excluding hydrogens is 294 g/mol. The fourth-order valence-corrected chi connectivity index (χ4v) is 4.93. The maximum atomic E-state index is 12.1. The zero-order chi connectivity index (χ0) is 14.9. The lowest BCUT2D eigenvalue weighted by Crippen LogP contribution is -2.30. The number of nitrogens with zero attached hydrogens (tertiary/aromatic N) is 1. The predicted octanol–water partition coefficient (Wildman–Crippen LogP) is 2.76. The summed E-state index contributed by atoms with van der Waals surface area (Å²) in [5.74, 6) is 1.55. The van der Waals surface area contributed by atoms with Crippen molar-refractivity contribution < 1.29 is 8.42 Å². The Hall–Kier alpha value is -0.820. The Morgan fingerprint density at radius 3 is 2.65 bits per heavy atom. The highest BCUT2D eigenvalue weighted by atomic mass is 32.2. The molecule has 20 heavy (non-hydrogen) atoms. The summed E-state index contributed by atoms with van der Waals surface area (Å²) >= 11 is 1.15. The van der Waals surface area contributed by atoms with Crippen LogP contribution in [0.3, 0.4) is 0 Å². The second-order valence-corrected chi connectivity index (χ2v) is 8.73. The van der Waals surface area contributed by atoms with Crippen LogP contribution in [0, 0.1) is 11.8 Å². The summed E-state index contributed by atoms with van der Waals surface area (Å²) in [5, 5.41) is 3.97. The summed E-state index contributed by atoms with van der Waals surface area (Å²) in [5.41, 5.74) is 5.74. The fourth-order valence-electron chi connectivity index (χ4n) is 2.69. The second kappa shape index (κ2) is 5.89. The van der Waals surface area contributed by atoms with Crippen molar-refractivity contribution in [2.75, 3.05) is 16.8 Å². The van der Waals surface area contributed by atoms with E-state index < -0.39 is 9.84 Å². The average Bonchev–Trinajstić information content (AvgIpc) is 2.76. The van der Waals surface area contributed by atoms with Crippen molar-refractivity contribution in [1.29, 1.82) is 0 Å². The Morgan fingerprint density at radius 1 is 1.35 bits per heavy atom. The van der Waals surface area contributed by atoms with Crippen molar-refractivity contribution >= 4 is 32.2 Å². The van der Waals surface area contributed by atoms with Gasteiger partial charge in [-0.2, -0.15) is 4.37 Å². The van der Waals surface area contributed by atoms with Gasteiger partial charge < -0.3 is 11.1 Å². The van der Waals surface area contributed by atoms with Gasteiger partial charge in [-0.1, -0.05) is 20.8 Å². The van der Waals surface area contributed by atoms with Crippen LogP contribution in [0.25, 0.3) is 0 Å². The second-order valence-electron chi connectivity index (χ2n) is 5.74. The summed E-state index contributed by atoms with van der Waals surface area (Å²) in [7, 11) is -3.33. The van der Waals surface area contributed by atoms with Crippen molar-refractivity contribution in [3.63, 3.8) is 0 Å². The zero-order valence-electron chi connectivity index (χ0n) is 12.2. The summed E-state index contributed by atoms with van der Waals surface area (Å²) < 4.78 is 28.2. The minimum Gasteiger partial charge on any atom is -0.382 e. The van der Waals surface area contributed by atoms with Gasteiger partial charge in [0.05, 0.1) is 5.75 Å². The number of nitrogens with one attached hydrogen (secondary N) is 1. The molecule has 0 radical (unpaired) electrons. The van der Waals surface area contributed by atoms with Gasteiger partial charge in [0.2, 0.25) is 0 Å². The van der Waals surface area contributed by atoms with Gasteiger partial charge in [0.1, 0.15) is 9.90 Å². The topological polar surface area (TPSA) is 85.1 Å². The first-order valence-electron chi connectivity index (χ1n) is 7.09. The molecule has 0 bridgehead atoms. The smallest absolute Gasteiger partial charge is 0.184 e. The lowest BCUT2D eigenvalue weighted by Gasteiger charge is -2.32. The number of nitrogen functional groups attached to an aromatic ring is 1. The number of aromatic nitrogens is 1. The Labute approximate surface area is 125 Å². The fraction of sp³-hybridized carbons (Fsp3) is 0.769. The van der Waals surface area contributed by atoms with Gasteiger partial charge in [0.25, 0.3) is 0 Å². The standard InChI is InChI=1S/C13H23N3O2S2/c1-4-20(17,18)11-12(14)16-19-13(11)15-10-6-5-8(2)9(3)7-10/h8-10,15H,4-7H2,1-3H3,(H2,14,16). The third-order valence-corrected chi connectivity index (χ3v) is 7.02. The summed E-state index contributed by atoms with van der Waals surface area (Å²) in [6.45, 7) is 6.16. The van der Waals surface area contributed by atoms with E-state index in [0.717, 1.165) is 30.3 Å². The molecule has 0 aromatic carbocycles. The quantitative estimate of drug-likeness (QED) is 0.892. The lowest BCUT2D eigenvalue weighted by atomic mass is 9.79. The van der Waals surface area contributed by atoms with Gasteiger partial charge in [-0.3, -0.25) is 0 Å². The molecule has 0 saturated heterocycles. The van der Waals surface area contributed by atoms with E-state index in [1.165, 1.54) is 6.42 Å². The molecule has 1 aliphatic rings. The average molecular weight is 317 g/mol. The van der Waals surface area contributed by atoms with Gasteiger partial charge in [-0.05, 0) is 42.6 Å².